The molecule has 1 heteroatoms. The van der Waals surface area contributed by atoms with Gasteiger partial charge in [0.1, 0.15) is 0 Å². The van der Waals surface area contributed by atoms with Crippen LogP contribution in [0.2, 0.25) is 0 Å². The number of nitrogens with zero attached hydrogens (tertiary/aromatic N) is 1. The molecule has 0 saturated carbocycles. The lowest BCUT2D eigenvalue weighted by molar-refractivity contribution is 0.522. The fraction of sp³-hybridized carbons (Fsp3) is 0.562. The van der Waals surface area contributed by atoms with E-state index in [1.54, 1.807) is 0 Å². The zero-order chi connectivity index (χ0) is 12.7. The minimum atomic E-state index is 0.788. The standard InChI is InChI=1S/C16H25N/c1-5-7-13(3)12-15-8-10-16(11-9-15)14(4)17-6-2/h8-11,13H,5-7,12H2,1-4H3/b17-14+. The molecule has 0 aliphatic heterocycles. The van der Waals surface area contributed by atoms with E-state index in [4.69, 9.17) is 0 Å². The van der Waals surface area contributed by atoms with Gasteiger partial charge in [-0.15, -0.1) is 0 Å². The first kappa shape index (κ1) is 14.0. The largest absolute Gasteiger partial charge is 0.290 e. The zero-order valence-corrected chi connectivity index (χ0v) is 11.7. The highest BCUT2D eigenvalue weighted by Gasteiger charge is 2.03. The summed E-state index contributed by atoms with van der Waals surface area (Å²) in [6.45, 7) is 9.61. The van der Waals surface area contributed by atoms with Crippen molar-refractivity contribution in [3.05, 3.63) is 35.4 Å². The van der Waals surface area contributed by atoms with E-state index in [2.05, 4.69) is 57.0 Å². The average molecular weight is 231 g/mol. The van der Waals surface area contributed by atoms with E-state index in [0.717, 1.165) is 18.2 Å². The molecule has 1 rings (SSSR count). The summed E-state index contributed by atoms with van der Waals surface area (Å²) in [6, 6.07) is 8.89. The van der Waals surface area contributed by atoms with Gasteiger partial charge in [0, 0.05) is 12.3 Å². The fourth-order valence-corrected chi connectivity index (χ4v) is 2.21. The molecular formula is C16H25N. The van der Waals surface area contributed by atoms with Crippen molar-refractivity contribution >= 4 is 5.71 Å². The lowest BCUT2D eigenvalue weighted by atomic mass is 9.96. The third-order valence-corrected chi connectivity index (χ3v) is 3.13. The van der Waals surface area contributed by atoms with Crippen LogP contribution >= 0.6 is 0 Å². The van der Waals surface area contributed by atoms with Gasteiger partial charge in [-0.25, -0.2) is 0 Å². The smallest absolute Gasteiger partial charge is 0.0389 e. The van der Waals surface area contributed by atoms with E-state index in [9.17, 15) is 0 Å². The summed E-state index contributed by atoms with van der Waals surface area (Å²) in [5.41, 5.74) is 3.83. The highest BCUT2D eigenvalue weighted by atomic mass is 14.7. The van der Waals surface area contributed by atoms with Gasteiger partial charge in [-0.05, 0) is 37.3 Å². The molecule has 1 aromatic carbocycles. The Bertz CT molecular complexity index is 348. The van der Waals surface area contributed by atoms with E-state index in [1.165, 1.54) is 30.4 Å². The minimum Gasteiger partial charge on any atom is -0.290 e. The van der Waals surface area contributed by atoms with E-state index >= 15 is 0 Å². The Morgan fingerprint density at radius 1 is 1.18 bits per heavy atom. The van der Waals surface area contributed by atoms with Gasteiger partial charge in [0.05, 0.1) is 0 Å². The summed E-state index contributed by atoms with van der Waals surface area (Å²) in [5.74, 6) is 0.788. The molecule has 17 heavy (non-hydrogen) atoms. The second kappa shape index (κ2) is 7.26. The summed E-state index contributed by atoms with van der Waals surface area (Å²) >= 11 is 0. The molecule has 0 fully saturated rings. The maximum atomic E-state index is 4.43. The molecule has 0 aromatic heterocycles. The first-order valence-corrected chi connectivity index (χ1v) is 6.77. The van der Waals surface area contributed by atoms with Gasteiger partial charge in [0.25, 0.3) is 0 Å². The maximum Gasteiger partial charge on any atom is 0.0389 e. The Kier molecular flexibility index (Phi) is 5.96. The molecule has 0 spiro atoms. The lowest BCUT2D eigenvalue weighted by Crippen LogP contribution is -2.00. The topological polar surface area (TPSA) is 12.4 Å². The Labute approximate surface area is 106 Å². The molecule has 94 valence electrons. The van der Waals surface area contributed by atoms with Crippen molar-refractivity contribution < 1.29 is 0 Å². The number of hydrogen-bond donors (Lipinski definition) is 0. The SMILES string of the molecule is CCCC(C)Cc1ccc(/C(C)=N/CC)cc1. The third kappa shape index (κ3) is 4.72. The average Bonchev–Trinajstić information content (AvgIpc) is 2.30. The molecule has 1 aromatic rings. The monoisotopic (exact) mass is 231 g/mol. The van der Waals surface area contributed by atoms with Crippen LogP contribution < -0.4 is 0 Å². The van der Waals surface area contributed by atoms with Crippen molar-refractivity contribution in [1.82, 2.24) is 0 Å². The number of aliphatic imine (C=N–C) groups is 1. The summed E-state index contributed by atoms with van der Waals surface area (Å²) in [4.78, 5) is 4.43. The van der Waals surface area contributed by atoms with Gasteiger partial charge in [-0.2, -0.15) is 0 Å². The van der Waals surface area contributed by atoms with E-state index < -0.39 is 0 Å². The molecular weight excluding hydrogens is 206 g/mol. The molecule has 0 N–H and O–H groups in total. The Morgan fingerprint density at radius 3 is 2.35 bits per heavy atom. The van der Waals surface area contributed by atoms with Crippen LogP contribution in [0.1, 0.15) is 51.7 Å². The predicted molar refractivity (Wildman–Crippen MR) is 77.0 cm³/mol. The van der Waals surface area contributed by atoms with Crippen LogP contribution in [0, 0.1) is 5.92 Å². The van der Waals surface area contributed by atoms with Crippen molar-refractivity contribution in [1.29, 1.82) is 0 Å². The first-order chi connectivity index (χ1) is 8.17. The van der Waals surface area contributed by atoms with Crippen LogP contribution in [0.15, 0.2) is 29.3 Å². The summed E-state index contributed by atoms with van der Waals surface area (Å²) in [5, 5.41) is 0. The molecule has 1 unspecified atom stereocenters. The van der Waals surface area contributed by atoms with Crippen LogP contribution in [0.4, 0.5) is 0 Å². The number of rotatable bonds is 6. The van der Waals surface area contributed by atoms with Gasteiger partial charge in [0.15, 0.2) is 0 Å². The van der Waals surface area contributed by atoms with Crippen LogP contribution in [0.5, 0.6) is 0 Å². The van der Waals surface area contributed by atoms with Crippen molar-refractivity contribution in [2.24, 2.45) is 10.9 Å². The van der Waals surface area contributed by atoms with Crippen molar-refractivity contribution in [3.8, 4) is 0 Å². The molecule has 1 nitrogen and oxygen atoms in total. The molecule has 1 atom stereocenters. The van der Waals surface area contributed by atoms with E-state index in [-0.39, 0.29) is 0 Å². The van der Waals surface area contributed by atoms with Crippen LogP contribution in [-0.4, -0.2) is 12.3 Å². The summed E-state index contributed by atoms with van der Waals surface area (Å²) < 4.78 is 0. The number of benzene rings is 1. The van der Waals surface area contributed by atoms with Gasteiger partial charge < -0.3 is 0 Å². The van der Waals surface area contributed by atoms with E-state index in [1.807, 2.05) is 0 Å². The minimum absolute atomic E-state index is 0.788. The van der Waals surface area contributed by atoms with Crippen LogP contribution in [0.3, 0.4) is 0 Å². The van der Waals surface area contributed by atoms with Gasteiger partial charge in [0.2, 0.25) is 0 Å². The van der Waals surface area contributed by atoms with Gasteiger partial charge in [-0.3, -0.25) is 4.99 Å². The Balaban J connectivity index is 2.65. The fourth-order valence-electron chi connectivity index (χ4n) is 2.21. The molecule has 0 aliphatic carbocycles. The van der Waals surface area contributed by atoms with Gasteiger partial charge in [-0.1, -0.05) is 51.0 Å². The lowest BCUT2D eigenvalue weighted by Gasteiger charge is -2.10. The normalized spacial score (nSPS) is 13.8. The molecule has 0 radical (unpaired) electrons. The molecule has 0 bridgehead atoms. The Hall–Kier alpha value is -1.11. The second-order valence-corrected chi connectivity index (χ2v) is 4.85. The number of hydrogen-bond acceptors (Lipinski definition) is 1. The van der Waals surface area contributed by atoms with Crippen LogP contribution in [-0.2, 0) is 6.42 Å². The summed E-state index contributed by atoms with van der Waals surface area (Å²) in [7, 11) is 0. The Morgan fingerprint density at radius 2 is 1.82 bits per heavy atom. The highest BCUT2D eigenvalue weighted by molar-refractivity contribution is 5.98. The molecule has 0 saturated heterocycles. The van der Waals surface area contributed by atoms with Gasteiger partial charge >= 0.3 is 0 Å². The second-order valence-electron chi connectivity index (χ2n) is 4.85. The van der Waals surface area contributed by atoms with E-state index in [0.29, 0.717) is 0 Å². The highest BCUT2D eigenvalue weighted by Crippen LogP contribution is 2.14. The van der Waals surface area contributed by atoms with Crippen molar-refractivity contribution in [2.75, 3.05) is 6.54 Å². The van der Waals surface area contributed by atoms with Crippen LogP contribution in [0.25, 0.3) is 0 Å². The van der Waals surface area contributed by atoms with Crippen molar-refractivity contribution in [3.63, 3.8) is 0 Å². The molecule has 0 heterocycles. The summed E-state index contributed by atoms with van der Waals surface area (Å²) in [6.07, 6.45) is 3.79. The zero-order valence-electron chi connectivity index (χ0n) is 11.7. The molecule has 0 amide bonds. The van der Waals surface area contributed by atoms with Crippen molar-refractivity contribution in [2.45, 2.75) is 47.0 Å². The predicted octanol–water partition coefficient (Wildman–Crippen LogP) is 4.49. The maximum absolute atomic E-state index is 4.43. The first-order valence-electron chi connectivity index (χ1n) is 6.77. The third-order valence-electron chi connectivity index (χ3n) is 3.13. The quantitative estimate of drug-likeness (QED) is 0.639. The molecule has 0 aliphatic rings.